The van der Waals surface area contributed by atoms with Gasteiger partial charge in [-0.3, -0.25) is 4.79 Å². The molecule has 0 aromatic heterocycles. The number of allylic oxidation sites excluding steroid dienone is 1. The average molecular weight is 412 g/mol. The molecule has 0 unspecified atom stereocenters. The van der Waals surface area contributed by atoms with Gasteiger partial charge >= 0.3 is 0 Å². The zero-order valence-electron chi connectivity index (χ0n) is 15.6. The summed E-state index contributed by atoms with van der Waals surface area (Å²) >= 11 is 11.6. The highest BCUT2D eigenvalue weighted by atomic mass is 35.5. The van der Waals surface area contributed by atoms with Crippen LogP contribution in [0.4, 0.5) is 0 Å². The van der Waals surface area contributed by atoms with E-state index in [0.717, 1.165) is 44.2 Å². The van der Waals surface area contributed by atoms with Crippen LogP contribution in [0.2, 0.25) is 0 Å². The van der Waals surface area contributed by atoms with E-state index >= 15 is 0 Å². The number of quaternary nitrogens is 1. The maximum atomic E-state index is 12.9. The van der Waals surface area contributed by atoms with Crippen molar-refractivity contribution < 1.29 is 19.2 Å². The monoisotopic (exact) mass is 411 g/mol. The molecule has 1 aromatic carbocycles. The predicted molar refractivity (Wildman–Crippen MR) is 104 cm³/mol. The smallest absolute Gasteiger partial charge is 0.231 e. The molecule has 0 bridgehead atoms. The van der Waals surface area contributed by atoms with Gasteiger partial charge in [-0.2, -0.15) is 0 Å². The molecular formula is C20H25Cl2N2O3+. The van der Waals surface area contributed by atoms with E-state index in [4.69, 9.17) is 32.7 Å². The van der Waals surface area contributed by atoms with E-state index in [2.05, 4.69) is 26.0 Å². The van der Waals surface area contributed by atoms with Crippen LogP contribution in [0.1, 0.15) is 19.4 Å². The predicted octanol–water partition coefficient (Wildman–Crippen LogP) is 2.23. The van der Waals surface area contributed by atoms with E-state index in [0.29, 0.717) is 6.79 Å². The molecule has 2 heterocycles. The lowest BCUT2D eigenvalue weighted by Crippen LogP contribution is -3.13. The number of carbonyl (C=O) groups excluding carboxylic acids is 1. The van der Waals surface area contributed by atoms with Gasteiger partial charge in [0.1, 0.15) is 11.0 Å². The van der Waals surface area contributed by atoms with Crippen LogP contribution in [0.3, 0.4) is 0 Å². The number of halogens is 2. The molecule has 3 aliphatic rings. The van der Waals surface area contributed by atoms with Gasteiger partial charge in [-0.15, -0.1) is 0 Å². The number of benzene rings is 1. The average Bonchev–Trinajstić information content (AvgIpc) is 2.96. The first-order valence-corrected chi connectivity index (χ1v) is 10.2. The van der Waals surface area contributed by atoms with E-state index < -0.39 is 0 Å². The van der Waals surface area contributed by atoms with Gasteiger partial charge in [0, 0.05) is 5.56 Å². The molecule has 1 aromatic rings. The lowest BCUT2D eigenvalue weighted by atomic mass is 10.1. The van der Waals surface area contributed by atoms with E-state index in [1.165, 1.54) is 10.5 Å². The Morgan fingerprint density at radius 1 is 1.26 bits per heavy atom. The van der Waals surface area contributed by atoms with Gasteiger partial charge in [-0.1, -0.05) is 37.0 Å². The lowest BCUT2D eigenvalue weighted by molar-refractivity contribution is -0.917. The number of fused-ring (bicyclic) bond motifs is 1. The second kappa shape index (κ2) is 7.19. The highest BCUT2D eigenvalue weighted by molar-refractivity contribution is 6.55. The van der Waals surface area contributed by atoms with Crippen LogP contribution in [0.5, 0.6) is 11.5 Å². The van der Waals surface area contributed by atoms with Crippen LogP contribution in [0.15, 0.2) is 28.8 Å². The van der Waals surface area contributed by atoms with Gasteiger partial charge in [-0.25, -0.2) is 0 Å². The van der Waals surface area contributed by atoms with Crippen molar-refractivity contribution in [2.24, 2.45) is 17.3 Å². The van der Waals surface area contributed by atoms with Crippen LogP contribution in [-0.2, 0) is 11.3 Å². The Morgan fingerprint density at radius 2 is 1.96 bits per heavy atom. The van der Waals surface area contributed by atoms with Crippen molar-refractivity contribution >= 4 is 29.1 Å². The molecule has 2 aliphatic heterocycles. The third-order valence-electron chi connectivity index (χ3n) is 6.16. The third kappa shape index (κ3) is 3.78. The molecule has 1 saturated carbocycles. The molecule has 146 valence electrons. The van der Waals surface area contributed by atoms with Gasteiger partial charge in [0.05, 0.1) is 32.1 Å². The summed E-state index contributed by atoms with van der Waals surface area (Å²) in [5.74, 6) is 2.00. The Bertz CT molecular complexity index is 768. The van der Waals surface area contributed by atoms with Gasteiger partial charge in [0.2, 0.25) is 12.7 Å². The molecular weight excluding hydrogens is 387 g/mol. The van der Waals surface area contributed by atoms with Gasteiger partial charge in [-0.05, 0) is 35.6 Å². The summed E-state index contributed by atoms with van der Waals surface area (Å²) in [6.45, 7) is 8.92. The number of rotatable bonds is 4. The summed E-state index contributed by atoms with van der Waals surface area (Å²) in [5.41, 5.74) is 1.17. The fraction of sp³-hybridized carbons (Fsp3) is 0.550. The van der Waals surface area contributed by atoms with Crippen LogP contribution in [0.25, 0.3) is 0 Å². The topological polar surface area (TPSA) is 43.2 Å². The summed E-state index contributed by atoms with van der Waals surface area (Å²) in [7, 11) is 0. The molecule has 1 amide bonds. The number of carbonyl (C=O) groups is 1. The van der Waals surface area contributed by atoms with E-state index in [1.54, 1.807) is 0 Å². The number of nitrogens with one attached hydrogen (secondary N) is 1. The standard InChI is InChI=1S/C20H24Cl2N2O3/c1-20(2)14(10-17(21)22)18(20)19(25)24-7-5-23(6-8-24)11-13-3-4-15-16(9-13)27-12-26-15/h3-4,9-10,14,18H,5-8,11-12H2,1-2H3/p+1/t14-,18-/m0/s1. The van der Waals surface area contributed by atoms with Crippen molar-refractivity contribution in [2.75, 3.05) is 33.0 Å². The van der Waals surface area contributed by atoms with Crippen LogP contribution < -0.4 is 14.4 Å². The molecule has 2 fully saturated rings. The maximum absolute atomic E-state index is 12.9. The van der Waals surface area contributed by atoms with Crippen LogP contribution in [0, 0.1) is 17.3 Å². The first-order chi connectivity index (χ1) is 12.9. The largest absolute Gasteiger partial charge is 0.454 e. The second-order valence-corrected chi connectivity index (χ2v) is 9.23. The van der Waals surface area contributed by atoms with E-state index in [9.17, 15) is 4.79 Å². The molecule has 5 nitrogen and oxygen atoms in total. The van der Waals surface area contributed by atoms with Gasteiger partial charge in [0.25, 0.3) is 0 Å². The number of nitrogens with zero attached hydrogens (tertiary/aromatic N) is 1. The van der Waals surface area contributed by atoms with E-state index in [1.807, 2.05) is 17.0 Å². The van der Waals surface area contributed by atoms with Crippen LogP contribution >= 0.6 is 23.2 Å². The summed E-state index contributed by atoms with van der Waals surface area (Å²) in [6, 6.07) is 6.13. The number of piperazine rings is 1. The summed E-state index contributed by atoms with van der Waals surface area (Å²) in [5, 5.41) is 0. The molecule has 1 aliphatic carbocycles. The number of hydrogen-bond donors (Lipinski definition) is 1. The van der Waals surface area contributed by atoms with Crippen molar-refractivity contribution in [1.82, 2.24) is 4.90 Å². The van der Waals surface area contributed by atoms with E-state index in [-0.39, 0.29) is 27.6 Å². The van der Waals surface area contributed by atoms with Crippen molar-refractivity contribution in [3.63, 3.8) is 0 Å². The molecule has 0 radical (unpaired) electrons. The molecule has 1 N–H and O–H groups in total. The molecule has 7 heteroatoms. The number of ether oxygens (including phenoxy) is 2. The fourth-order valence-electron chi connectivity index (χ4n) is 4.35. The lowest BCUT2D eigenvalue weighted by Gasteiger charge is -2.32. The molecule has 27 heavy (non-hydrogen) atoms. The minimum atomic E-state index is -0.0669. The van der Waals surface area contributed by atoms with Crippen molar-refractivity contribution in [3.05, 3.63) is 34.3 Å². The highest BCUT2D eigenvalue weighted by Crippen LogP contribution is 2.60. The zero-order valence-corrected chi connectivity index (χ0v) is 17.1. The van der Waals surface area contributed by atoms with Crippen LogP contribution in [-0.4, -0.2) is 43.8 Å². The van der Waals surface area contributed by atoms with Crippen molar-refractivity contribution in [2.45, 2.75) is 20.4 Å². The Balaban J connectivity index is 1.31. The Labute approximate surface area is 169 Å². The van der Waals surface area contributed by atoms with Gasteiger partial charge < -0.3 is 19.3 Å². The minimum Gasteiger partial charge on any atom is -0.454 e. The number of amides is 1. The third-order valence-corrected chi connectivity index (χ3v) is 6.41. The Morgan fingerprint density at radius 3 is 2.67 bits per heavy atom. The fourth-order valence-corrected chi connectivity index (χ4v) is 4.62. The SMILES string of the molecule is CC1(C)[C@H](C(=O)N2CC[NH+](Cc3ccc4c(c3)OCO4)CC2)[C@@H]1C=C(Cl)Cl. The summed E-state index contributed by atoms with van der Waals surface area (Å²) < 4.78 is 11.1. The Kier molecular flexibility index (Phi) is 5.04. The first kappa shape index (κ1) is 18.9. The molecule has 1 saturated heterocycles. The maximum Gasteiger partial charge on any atom is 0.231 e. The zero-order chi connectivity index (χ0) is 19.2. The summed E-state index contributed by atoms with van der Waals surface area (Å²) in [4.78, 5) is 16.4. The van der Waals surface area contributed by atoms with Crippen molar-refractivity contribution in [1.29, 1.82) is 0 Å². The number of hydrogen-bond acceptors (Lipinski definition) is 3. The van der Waals surface area contributed by atoms with Gasteiger partial charge in [0.15, 0.2) is 11.5 Å². The quantitative estimate of drug-likeness (QED) is 0.825. The molecule has 0 spiro atoms. The highest BCUT2D eigenvalue weighted by Gasteiger charge is 2.61. The summed E-state index contributed by atoms with van der Waals surface area (Å²) in [6.07, 6.45) is 1.81. The second-order valence-electron chi connectivity index (χ2n) is 8.22. The first-order valence-electron chi connectivity index (χ1n) is 9.40. The normalized spacial score (nSPS) is 26.0. The Hall–Kier alpha value is -1.43. The van der Waals surface area contributed by atoms with Crippen molar-refractivity contribution in [3.8, 4) is 11.5 Å². The molecule has 4 rings (SSSR count). The minimum absolute atomic E-state index is 0.0135. The molecule has 2 atom stereocenters.